The molecule has 1 amide bonds. The maximum absolute atomic E-state index is 11.8. The quantitative estimate of drug-likeness (QED) is 0.448. The van der Waals surface area contributed by atoms with E-state index in [9.17, 15) is 14.9 Å². The molecule has 0 bridgehead atoms. The lowest BCUT2D eigenvalue weighted by molar-refractivity contribution is -0.384. The van der Waals surface area contributed by atoms with E-state index in [2.05, 4.69) is 5.32 Å². The molecule has 0 aliphatic carbocycles. The fourth-order valence-electron chi connectivity index (χ4n) is 1.38. The van der Waals surface area contributed by atoms with Crippen molar-refractivity contribution in [2.75, 3.05) is 33.5 Å². The number of nitrogens with zero attached hydrogens (tertiary/aromatic N) is 1. The van der Waals surface area contributed by atoms with Crippen LogP contribution in [0.3, 0.4) is 0 Å². The molecule has 0 unspecified atom stereocenters. The third-order valence-corrected chi connectivity index (χ3v) is 2.70. The molecule has 110 valence electrons. The van der Waals surface area contributed by atoms with E-state index in [1.165, 1.54) is 12.1 Å². The van der Waals surface area contributed by atoms with Crippen LogP contribution in [0.1, 0.15) is 10.4 Å². The van der Waals surface area contributed by atoms with Crippen molar-refractivity contribution in [1.29, 1.82) is 0 Å². The number of carbonyl (C=O) groups is 1. The molecule has 0 heterocycles. The molecule has 1 aromatic carbocycles. The number of methoxy groups -OCH3 is 1. The smallest absolute Gasteiger partial charge is 0.270 e. The van der Waals surface area contributed by atoms with E-state index < -0.39 is 10.8 Å². The summed E-state index contributed by atoms with van der Waals surface area (Å²) in [6, 6.07) is 3.71. The van der Waals surface area contributed by atoms with Crippen LogP contribution in [0.5, 0.6) is 0 Å². The molecule has 0 aliphatic rings. The average molecular weight is 303 g/mol. The van der Waals surface area contributed by atoms with Gasteiger partial charge < -0.3 is 14.8 Å². The largest absolute Gasteiger partial charge is 0.382 e. The standard InChI is InChI=1S/C12H15ClN2O5/c1-19-6-7-20-5-4-14-12(16)10-8-9(15(17)18)2-3-11(10)13/h2-3,8H,4-7H2,1H3,(H,14,16). The van der Waals surface area contributed by atoms with Crippen molar-refractivity contribution in [3.63, 3.8) is 0 Å². The predicted octanol–water partition coefficient (Wildman–Crippen LogP) is 1.64. The molecule has 0 saturated heterocycles. The monoisotopic (exact) mass is 302 g/mol. The number of hydrogen-bond donors (Lipinski definition) is 1. The topological polar surface area (TPSA) is 90.7 Å². The van der Waals surface area contributed by atoms with Crippen molar-refractivity contribution in [1.82, 2.24) is 5.32 Å². The summed E-state index contributed by atoms with van der Waals surface area (Å²) in [6.07, 6.45) is 0. The molecule has 1 aromatic rings. The predicted molar refractivity (Wildman–Crippen MR) is 73.1 cm³/mol. The van der Waals surface area contributed by atoms with Crippen molar-refractivity contribution in [2.24, 2.45) is 0 Å². The van der Waals surface area contributed by atoms with Gasteiger partial charge in [0.1, 0.15) is 0 Å². The van der Waals surface area contributed by atoms with E-state index in [0.29, 0.717) is 19.8 Å². The minimum atomic E-state index is -0.582. The Bertz CT molecular complexity index is 481. The fraction of sp³-hybridized carbons (Fsp3) is 0.417. The molecule has 0 atom stereocenters. The SMILES string of the molecule is COCCOCCNC(=O)c1cc([N+](=O)[O-])ccc1Cl. The van der Waals surface area contributed by atoms with E-state index in [0.717, 1.165) is 6.07 Å². The molecule has 1 rings (SSSR count). The summed E-state index contributed by atoms with van der Waals surface area (Å²) in [5.41, 5.74) is -0.117. The highest BCUT2D eigenvalue weighted by Crippen LogP contribution is 2.21. The number of ether oxygens (including phenoxy) is 2. The highest BCUT2D eigenvalue weighted by atomic mass is 35.5. The van der Waals surface area contributed by atoms with Gasteiger partial charge in [0.05, 0.1) is 35.3 Å². The minimum Gasteiger partial charge on any atom is -0.382 e. The number of rotatable bonds is 8. The number of benzene rings is 1. The van der Waals surface area contributed by atoms with E-state index in [-0.39, 0.29) is 22.8 Å². The highest BCUT2D eigenvalue weighted by Gasteiger charge is 2.15. The lowest BCUT2D eigenvalue weighted by atomic mass is 10.2. The van der Waals surface area contributed by atoms with Gasteiger partial charge in [0.15, 0.2) is 0 Å². The summed E-state index contributed by atoms with van der Waals surface area (Å²) in [6.45, 7) is 1.51. The van der Waals surface area contributed by atoms with Crippen LogP contribution in [0.15, 0.2) is 18.2 Å². The van der Waals surface area contributed by atoms with Gasteiger partial charge in [-0.25, -0.2) is 0 Å². The molecule has 0 spiro atoms. The van der Waals surface area contributed by atoms with Crippen LogP contribution in [-0.2, 0) is 9.47 Å². The Balaban J connectivity index is 2.50. The summed E-state index contributed by atoms with van der Waals surface area (Å²) in [5.74, 6) is -0.478. The van der Waals surface area contributed by atoms with Gasteiger partial charge in [-0.15, -0.1) is 0 Å². The first-order valence-electron chi connectivity index (χ1n) is 5.85. The van der Waals surface area contributed by atoms with Gasteiger partial charge in [-0.05, 0) is 6.07 Å². The molecular weight excluding hydrogens is 288 g/mol. The van der Waals surface area contributed by atoms with Crippen LogP contribution in [0.25, 0.3) is 0 Å². The van der Waals surface area contributed by atoms with E-state index in [1.807, 2.05) is 0 Å². The third kappa shape index (κ3) is 5.12. The van der Waals surface area contributed by atoms with Crippen LogP contribution in [-0.4, -0.2) is 44.3 Å². The first-order valence-corrected chi connectivity index (χ1v) is 6.23. The zero-order valence-electron chi connectivity index (χ0n) is 10.9. The molecule has 20 heavy (non-hydrogen) atoms. The number of amides is 1. The summed E-state index contributed by atoms with van der Waals surface area (Å²) in [5, 5.41) is 13.4. The fourth-order valence-corrected chi connectivity index (χ4v) is 1.58. The van der Waals surface area contributed by atoms with Gasteiger partial charge in [0.25, 0.3) is 11.6 Å². The van der Waals surface area contributed by atoms with Crippen LogP contribution < -0.4 is 5.32 Å². The van der Waals surface area contributed by atoms with Crippen LogP contribution in [0, 0.1) is 10.1 Å². The molecule has 0 fully saturated rings. The zero-order chi connectivity index (χ0) is 15.0. The number of halogens is 1. The number of carbonyl (C=O) groups excluding carboxylic acids is 1. The summed E-state index contributed by atoms with van der Waals surface area (Å²) < 4.78 is 9.97. The molecule has 1 N–H and O–H groups in total. The second-order valence-corrected chi connectivity index (χ2v) is 4.19. The molecule has 0 saturated carbocycles. The van der Waals surface area contributed by atoms with E-state index in [4.69, 9.17) is 21.1 Å². The van der Waals surface area contributed by atoms with Gasteiger partial charge in [-0.1, -0.05) is 11.6 Å². The van der Waals surface area contributed by atoms with Crippen molar-refractivity contribution in [2.45, 2.75) is 0 Å². The molecular formula is C12H15ClN2O5. The Morgan fingerprint density at radius 2 is 2.15 bits per heavy atom. The van der Waals surface area contributed by atoms with Crippen LogP contribution >= 0.6 is 11.6 Å². The van der Waals surface area contributed by atoms with E-state index in [1.54, 1.807) is 7.11 Å². The van der Waals surface area contributed by atoms with Gasteiger partial charge >= 0.3 is 0 Å². The molecule has 0 aromatic heterocycles. The number of hydrogen-bond acceptors (Lipinski definition) is 5. The first-order chi connectivity index (χ1) is 9.56. The molecule has 7 nitrogen and oxygen atoms in total. The molecule has 8 heteroatoms. The average Bonchev–Trinajstić information content (AvgIpc) is 2.42. The zero-order valence-corrected chi connectivity index (χ0v) is 11.7. The number of nitro groups is 1. The Labute approximate surface area is 121 Å². The van der Waals surface area contributed by atoms with Gasteiger partial charge in [0, 0.05) is 25.8 Å². The Hall–Kier alpha value is -1.70. The van der Waals surface area contributed by atoms with Crippen LogP contribution in [0.4, 0.5) is 5.69 Å². The second-order valence-electron chi connectivity index (χ2n) is 3.78. The summed E-state index contributed by atoms with van der Waals surface area (Å²) in [7, 11) is 1.56. The Morgan fingerprint density at radius 3 is 2.80 bits per heavy atom. The maximum Gasteiger partial charge on any atom is 0.270 e. The normalized spacial score (nSPS) is 10.3. The van der Waals surface area contributed by atoms with E-state index >= 15 is 0 Å². The lowest BCUT2D eigenvalue weighted by Gasteiger charge is -2.07. The van der Waals surface area contributed by atoms with Crippen molar-refractivity contribution in [3.05, 3.63) is 38.9 Å². The van der Waals surface area contributed by atoms with Gasteiger partial charge in [0.2, 0.25) is 0 Å². The summed E-state index contributed by atoms with van der Waals surface area (Å²) >= 11 is 5.85. The van der Waals surface area contributed by atoms with Crippen molar-refractivity contribution in [3.8, 4) is 0 Å². The van der Waals surface area contributed by atoms with Crippen molar-refractivity contribution >= 4 is 23.2 Å². The highest BCUT2D eigenvalue weighted by molar-refractivity contribution is 6.33. The number of non-ortho nitro benzene ring substituents is 1. The van der Waals surface area contributed by atoms with Gasteiger partial charge in [-0.2, -0.15) is 0 Å². The molecule has 0 aliphatic heterocycles. The maximum atomic E-state index is 11.8. The third-order valence-electron chi connectivity index (χ3n) is 2.37. The lowest BCUT2D eigenvalue weighted by Crippen LogP contribution is -2.27. The Morgan fingerprint density at radius 1 is 1.40 bits per heavy atom. The first kappa shape index (κ1) is 16.4. The number of nitrogens with one attached hydrogen (secondary N) is 1. The summed E-state index contributed by atoms with van der Waals surface area (Å²) in [4.78, 5) is 21.9. The second kappa shape index (κ2) is 8.47. The minimum absolute atomic E-state index is 0.0674. The van der Waals surface area contributed by atoms with Crippen molar-refractivity contribution < 1.29 is 19.2 Å². The van der Waals surface area contributed by atoms with Crippen LogP contribution in [0.2, 0.25) is 5.02 Å². The molecule has 0 radical (unpaired) electrons. The Kier molecular flexibility index (Phi) is 6.92. The van der Waals surface area contributed by atoms with Gasteiger partial charge in [-0.3, -0.25) is 14.9 Å². The number of nitro benzene ring substituents is 1.